The van der Waals surface area contributed by atoms with Gasteiger partial charge < -0.3 is 4.74 Å². The predicted octanol–water partition coefficient (Wildman–Crippen LogP) is 2.40. The molecule has 0 unspecified atom stereocenters. The molecule has 0 fully saturated rings. The molecule has 0 aliphatic heterocycles. The van der Waals surface area contributed by atoms with Crippen molar-refractivity contribution in [2.24, 2.45) is 0 Å². The summed E-state index contributed by atoms with van der Waals surface area (Å²) in [6.07, 6.45) is -5.26. The third kappa shape index (κ3) is 2.88. The first-order valence-electron chi connectivity index (χ1n) is 3.83. The molecule has 0 spiro atoms. The number of alkyl halides is 4. The van der Waals surface area contributed by atoms with E-state index in [0.717, 1.165) is 0 Å². The molecular formula is C8H4F5NO2. The van der Waals surface area contributed by atoms with E-state index in [-0.39, 0.29) is 6.29 Å². The SMILES string of the molecule is O=Cc1nc(CF)cc(OC(F)(F)F)c1F. The van der Waals surface area contributed by atoms with Crippen molar-refractivity contribution in [3.63, 3.8) is 0 Å². The Hall–Kier alpha value is -1.73. The topological polar surface area (TPSA) is 39.2 Å². The molecule has 8 heteroatoms. The van der Waals surface area contributed by atoms with E-state index in [9.17, 15) is 26.7 Å². The van der Waals surface area contributed by atoms with Gasteiger partial charge in [0.05, 0.1) is 5.69 Å². The molecule has 0 radical (unpaired) electrons. The molecule has 0 bridgehead atoms. The average Bonchev–Trinajstić information content (AvgIpc) is 2.19. The Morgan fingerprint density at radius 1 is 1.44 bits per heavy atom. The Labute approximate surface area is 85.8 Å². The Balaban J connectivity index is 3.21. The molecule has 1 aromatic rings. The zero-order chi connectivity index (χ0) is 12.3. The van der Waals surface area contributed by atoms with E-state index in [0.29, 0.717) is 6.07 Å². The predicted molar refractivity (Wildman–Crippen MR) is 41.1 cm³/mol. The van der Waals surface area contributed by atoms with Crippen LogP contribution in [0.1, 0.15) is 16.2 Å². The van der Waals surface area contributed by atoms with Gasteiger partial charge in [-0.25, -0.2) is 13.8 Å². The fraction of sp³-hybridized carbons (Fsp3) is 0.250. The number of hydrogen-bond donors (Lipinski definition) is 0. The summed E-state index contributed by atoms with van der Waals surface area (Å²) in [5.41, 5.74) is -1.46. The molecule has 3 nitrogen and oxygen atoms in total. The molecule has 0 aliphatic rings. The van der Waals surface area contributed by atoms with E-state index in [4.69, 9.17) is 0 Å². The van der Waals surface area contributed by atoms with Gasteiger partial charge in [-0.15, -0.1) is 13.2 Å². The largest absolute Gasteiger partial charge is 0.573 e. The van der Waals surface area contributed by atoms with Crippen molar-refractivity contribution in [3.05, 3.63) is 23.3 Å². The zero-order valence-corrected chi connectivity index (χ0v) is 7.52. The van der Waals surface area contributed by atoms with Crippen molar-refractivity contribution in [1.82, 2.24) is 4.98 Å². The van der Waals surface area contributed by atoms with Crippen LogP contribution in [0.4, 0.5) is 22.0 Å². The molecule has 0 saturated heterocycles. The van der Waals surface area contributed by atoms with Crippen LogP contribution in [0.15, 0.2) is 6.07 Å². The van der Waals surface area contributed by atoms with Crippen molar-refractivity contribution in [1.29, 1.82) is 0 Å². The van der Waals surface area contributed by atoms with E-state index >= 15 is 0 Å². The van der Waals surface area contributed by atoms with Crippen LogP contribution in [0.3, 0.4) is 0 Å². The van der Waals surface area contributed by atoms with Gasteiger partial charge >= 0.3 is 6.36 Å². The second-order valence-corrected chi connectivity index (χ2v) is 2.61. The molecule has 0 aromatic carbocycles. The van der Waals surface area contributed by atoms with Gasteiger partial charge in [-0.05, 0) is 0 Å². The molecule has 16 heavy (non-hydrogen) atoms. The van der Waals surface area contributed by atoms with E-state index in [2.05, 4.69) is 9.72 Å². The first-order valence-corrected chi connectivity index (χ1v) is 3.83. The fourth-order valence-electron chi connectivity index (χ4n) is 0.922. The minimum atomic E-state index is -5.13. The van der Waals surface area contributed by atoms with E-state index in [1.165, 1.54) is 0 Å². The molecule has 1 heterocycles. The average molecular weight is 241 g/mol. The van der Waals surface area contributed by atoms with Gasteiger partial charge in [0.1, 0.15) is 12.4 Å². The quantitative estimate of drug-likeness (QED) is 0.602. The van der Waals surface area contributed by atoms with Crippen LogP contribution >= 0.6 is 0 Å². The van der Waals surface area contributed by atoms with Crippen LogP contribution in [-0.2, 0) is 6.67 Å². The molecule has 0 atom stereocenters. The van der Waals surface area contributed by atoms with Crippen LogP contribution in [-0.4, -0.2) is 17.6 Å². The second-order valence-electron chi connectivity index (χ2n) is 2.61. The molecule has 0 saturated carbocycles. The summed E-state index contributed by atoms with van der Waals surface area (Å²) >= 11 is 0. The maximum Gasteiger partial charge on any atom is 0.573 e. The summed E-state index contributed by atoms with van der Waals surface area (Å²) in [6, 6.07) is 0.440. The van der Waals surface area contributed by atoms with Crippen molar-refractivity contribution < 1.29 is 31.5 Å². The van der Waals surface area contributed by atoms with Crippen LogP contribution in [0.5, 0.6) is 5.75 Å². The minimum Gasteiger partial charge on any atom is -0.402 e. The lowest BCUT2D eigenvalue weighted by atomic mass is 10.3. The van der Waals surface area contributed by atoms with Crippen molar-refractivity contribution in [2.75, 3.05) is 0 Å². The van der Waals surface area contributed by atoms with Crippen molar-refractivity contribution >= 4 is 6.29 Å². The van der Waals surface area contributed by atoms with E-state index in [1.807, 2.05) is 0 Å². The van der Waals surface area contributed by atoms with Gasteiger partial charge in [-0.3, -0.25) is 4.79 Å². The molecule has 1 aromatic heterocycles. The fourth-order valence-corrected chi connectivity index (χ4v) is 0.922. The highest BCUT2D eigenvalue weighted by molar-refractivity contribution is 5.73. The summed E-state index contributed by atoms with van der Waals surface area (Å²) in [5, 5.41) is 0. The Morgan fingerprint density at radius 2 is 2.06 bits per heavy atom. The number of aldehydes is 1. The second kappa shape index (κ2) is 4.42. The van der Waals surface area contributed by atoms with Crippen molar-refractivity contribution in [2.45, 2.75) is 13.0 Å². The monoisotopic (exact) mass is 241 g/mol. The third-order valence-corrected chi connectivity index (χ3v) is 1.48. The first kappa shape index (κ1) is 12.3. The molecule has 0 aliphatic carbocycles. The maximum absolute atomic E-state index is 13.1. The number of pyridine rings is 1. The Kier molecular flexibility index (Phi) is 3.41. The summed E-state index contributed by atoms with van der Waals surface area (Å²) in [5.74, 6) is -2.86. The third-order valence-electron chi connectivity index (χ3n) is 1.48. The molecule has 0 N–H and O–H groups in total. The Bertz CT molecular complexity index is 404. The molecule has 0 amide bonds. The van der Waals surface area contributed by atoms with Gasteiger partial charge in [-0.2, -0.15) is 0 Å². The molecule has 1 rings (SSSR count). The van der Waals surface area contributed by atoms with Gasteiger partial charge in [0, 0.05) is 6.07 Å². The minimum absolute atomic E-state index is 0.127. The smallest absolute Gasteiger partial charge is 0.402 e. The van der Waals surface area contributed by atoms with Crippen LogP contribution < -0.4 is 4.74 Å². The van der Waals surface area contributed by atoms with E-state index < -0.39 is 36.0 Å². The standard InChI is InChI=1S/C8H4F5NO2/c9-2-4-1-6(16-8(11,12)13)7(10)5(3-15)14-4/h1,3H,2H2. The highest BCUT2D eigenvalue weighted by atomic mass is 19.4. The maximum atomic E-state index is 13.1. The summed E-state index contributed by atoms with van der Waals surface area (Å²) in [4.78, 5) is 13.4. The lowest BCUT2D eigenvalue weighted by Gasteiger charge is -2.10. The molecular weight excluding hydrogens is 237 g/mol. The van der Waals surface area contributed by atoms with Gasteiger partial charge in [0.25, 0.3) is 0 Å². The number of nitrogens with zero attached hydrogens (tertiary/aromatic N) is 1. The zero-order valence-electron chi connectivity index (χ0n) is 7.52. The number of hydrogen-bond acceptors (Lipinski definition) is 3. The lowest BCUT2D eigenvalue weighted by Crippen LogP contribution is -2.19. The number of rotatable bonds is 3. The number of ether oxygens (including phenoxy) is 1. The summed E-state index contributed by atoms with van der Waals surface area (Å²) < 4.78 is 63.9. The Morgan fingerprint density at radius 3 is 2.50 bits per heavy atom. The molecule has 88 valence electrons. The lowest BCUT2D eigenvalue weighted by molar-refractivity contribution is -0.275. The highest BCUT2D eigenvalue weighted by Crippen LogP contribution is 2.27. The first-order chi connectivity index (χ1) is 7.37. The van der Waals surface area contributed by atoms with E-state index in [1.54, 1.807) is 0 Å². The normalized spacial score (nSPS) is 11.3. The van der Waals surface area contributed by atoms with Crippen LogP contribution in [0.25, 0.3) is 0 Å². The summed E-state index contributed by atoms with van der Waals surface area (Å²) in [7, 11) is 0. The van der Waals surface area contributed by atoms with Crippen LogP contribution in [0, 0.1) is 5.82 Å². The van der Waals surface area contributed by atoms with Crippen molar-refractivity contribution in [3.8, 4) is 5.75 Å². The highest BCUT2D eigenvalue weighted by Gasteiger charge is 2.33. The summed E-state index contributed by atoms with van der Waals surface area (Å²) in [6.45, 7) is -1.24. The van der Waals surface area contributed by atoms with Crippen LogP contribution in [0.2, 0.25) is 0 Å². The number of carbonyl (C=O) groups is 1. The number of aromatic nitrogens is 1. The number of halogens is 5. The van der Waals surface area contributed by atoms with Gasteiger partial charge in [0.2, 0.25) is 0 Å². The number of carbonyl (C=O) groups excluding carboxylic acids is 1. The van der Waals surface area contributed by atoms with Gasteiger partial charge in [0.15, 0.2) is 17.9 Å². The van der Waals surface area contributed by atoms with Gasteiger partial charge in [-0.1, -0.05) is 0 Å².